The first kappa shape index (κ1) is 18.9. The molecule has 1 aliphatic heterocycles. The smallest absolute Gasteiger partial charge is 0.323 e. The maximum atomic E-state index is 12.7. The van der Waals surface area contributed by atoms with E-state index < -0.39 is 0 Å². The molecule has 1 N–H and O–H groups in total. The summed E-state index contributed by atoms with van der Waals surface area (Å²) in [5.74, 6) is 0.717. The van der Waals surface area contributed by atoms with Crippen LogP contribution in [0.1, 0.15) is 6.42 Å². The lowest BCUT2D eigenvalue weighted by Gasteiger charge is -2.23. The average molecular weight is 370 g/mol. The predicted octanol–water partition coefficient (Wildman–Crippen LogP) is 1.50. The fourth-order valence-corrected chi connectivity index (χ4v) is 3.03. The fourth-order valence-electron chi connectivity index (χ4n) is 3.03. The molecule has 0 spiro atoms. The van der Waals surface area contributed by atoms with Gasteiger partial charge in [0.2, 0.25) is 5.91 Å². The molecule has 8 heteroatoms. The molecule has 3 rings (SSSR count). The lowest BCUT2D eigenvalue weighted by Crippen LogP contribution is -2.40. The lowest BCUT2D eigenvalue weighted by atomic mass is 10.3. The first-order chi connectivity index (χ1) is 13.0. The Labute approximate surface area is 159 Å². The van der Waals surface area contributed by atoms with E-state index >= 15 is 0 Å². The molecule has 3 amide bonds. The van der Waals surface area contributed by atoms with Gasteiger partial charge in [-0.05, 0) is 18.6 Å². The van der Waals surface area contributed by atoms with Crippen molar-refractivity contribution in [3.8, 4) is 5.69 Å². The molecule has 0 aliphatic carbocycles. The third-order valence-corrected chi connectivity index (χ3v) is 4.61. The second-order valence-corrected chi connectivity index (χ2v) is 6.80. The van der Waals surface area contributed by atoms with Gasteiger partial charge in [0.05, 0.1) is 18.4 Å². The summed E-state index contributed by atoms with van der Waals surface area (Å²) in [4.78, 5) is 30.1. The molecule has 0 unspecified atom stereocenters. The Kier molecular flexibility index (Phi) is 6.08. The van der Waals surface area contributed by atoms with Crippen LogP contribution in [-0.4, -0.2) is 83.2 Å². The summed E-state index contributed by atoms with van der Waals surface area (Å²) in [5.41, 5.74) is 0.891. The van der Waals surface area contributed by atoms with E-state index in [0.717, 1.165) is 18.7 Å². The first-order valence-electron chi connectivity index (χ1n) is 9.12. The second kappa shape index (κ2) is 8.68. The topological polar surface area (TPSA) is 73.7 Å². The molecule has 0 radical (unpaired) electrons. The van der Waals surface area contributed by atoms with Crippen LogP contribution in [0.2, 0.25) is 0 Å². The lowest BCUT2D eigenvalue weighted by molar-refractivity contribution is -0.129. The summed E-state index contributed by atoms with van der Waals surface area (Å²) >= 11 is 0. The Morgan fingerprint density at radius 1 is 1.07 bits per heavy atom. The summed E-state index contributed by atoms with van der Waals surface area (Å²) in [6.45, 7) is 3.14. The van der Waals surface area contributed by atoms with Gasteiger partial charge in [-0.2, -0.15) is 5.10 Å². The second-order valence-electron chi connectivity index (χ2n) is 6.80. The van der Waals surface area contributed by atoms with Crippen LogP contribution in [0.25, 0.3) is 5.69 Å². The molecule has 2 heterocycles. The fraction of sp³-hybridized carbons (Fsp3) is 0.421. The van der Waals surface area contributed by atoms with E-state index in [1.807, 2.05) is 30.3 Å². The van der Waals surface area contributed by atoms with Crippen LogP contribution in [0, 0.1) is 0 Å². The highest BCUT2D eigenvalue weighted by molar-refractivity contribution is 5.88. The van der Waals surface area contributed by atoms with Crippen molar-refractivity contribution in [2.45, 2.75) is 6.42 Å². The Morgan fingerprint density at radius 3 is 2.59 bits per heavy atom. The molecular weight excluding hydrogens is 344 g/mol. The maximum Gasteiger partial charge on any atom is 0.323 e. The number of aromatic nitrogens is 2. The first-order valence-corrected chi connectivity index (χ1v) is 9.12. The standard InChI is InChI=1S/C19H26N6O2/c1-22(2)18(26)15-23-11-6-12-24(14-13-23)19(27)21-17-9-10-20-25(17)16-7-4-3-5-8-16/h3-5,7-10H,6,11-15H2,1-2H3,(H,21,27). The van der Waals surface area contributed by atoms with Crippen molar-refractivity contribution in [3.63, 3.8) is 0 Å². The Balaban J connectivity index is 1.60. The summed E-state index contributed by atoms with van der Waals surface area (Å²) in [5, 5.41) is 7.25. The van der Waals surface area contributed by atoms with Crippen molar-refractivity contribution in [3.05, 3.63) is 42.6 Å². The summed E-state index contributed by atoms with van der Waals surface area (Å²) in [6.07, 6.45) is 2.51. The van der Waals surface area contributed by atoms with E-state index in [4.69, 9.17) is 0 Å². The van der Waals surface area contributed by atoms with Crippen molar-refractivity contribution in [2.75, 3.05) is 52.1 Å². The molecule has 0 bridgehead atoms. The van der Waals surface area contributed by atoms with Gasteiger partial charge < -0.3 is 9.80 Å². The Bertz CT molecular complexity index is 774. The van der Waals surface area contributed by atoms with E-state index in [9.17, 15) is 9.59 Å². The molecule has 1 aromatic heterocycles. The van der Waals surface area contributed by atoms with Crippen LogP contribution in [0.4, 0.5) is 10.6 Å². The highest BCUT2D eigenvalue weighted by atomic mass is 16.2. The molecular formula is C19H26N6O2. The van der Waals surface area contributed by atoms with Crippen molar-refractivity contribution in [2.24, 2.45) is 0 Å². The van der Waals surface area contributed by atoms with Crippen LogP contribution in [0.5, 0.6) is 0 Å². The average Bonchev–Trinajstić information content (AvgIpc) is 2.99. The van der Waals surface area contributed by atoms with Gasteiger partial charge in [0, 0.05) is 46.3 Å². The van der Waals surface area contributed by atoms with Gasteiger partial charge >= 0.3 is 6.03 Å². The zero-order chi connectivity index (χ0) is 19.2. The zero-order valence-corrected chi connectivity index (χ0v) is 15.8. The number of rotatable bonds is 4. The minimum atomic E-state index is -0.145. The normalized spacial score (nSPS) is 15.3. The van der Waals surface area contributed by atoms with E-state index in [1.54, 1.807) is 40.8 Å². The number of benzene rings is 1. The Morgan fingerprint density at radius 2 is 1.85 bits per heavy atom. The van der Waals surface area contributed by atoms with Gasteiger partial charge in [0.25, 0.3) is 0 Å². The van der Waals surface area contributed by atoms with E-state index in [0.29, 0.717) is 32.0 Å². The molecule has 1 fully saturated rings. The van der Waals surface area contributed by atoms with Gasteiger partial charge in [0.1, 0.15) is 5.82 Å². The summed E-state index contributed by atoms with van der Waals surface area (Å²) in [7, 11) is 3.52. The van der Waals surface area contributed by atoms with Crippen molar-refractivity contribution in [1.82, 2.24) is 24.5 Å². The van der Waals surface area contributed by atoms with Gasteiger partial charge in [-0.3, -0.25) is 15.0 Å². The third-order valence-electron chi connectivity index (χ3n) is 4.61. The number of amides is 3. The van der Waals surface area contributed by atoms with Crippen LogP contribution in [0.15, 0.2) is 42.6 Å². The van der Waals surface area contributed by atoms with Gasteiger partial charge in [-0.15, -0.1) is 0 Å². The van der Waals surface area contributed by atoms with E-state index in [2.05, 4.69) is 15.3 Å². The van der Waals surface area contributed by atoms with Crippen molar-refractivity contribution in [1.29, 1.82) is 0 Å². The van der Waals surface area contributed by atoms with E-state index in [-0.39, 0.29) is 11.9 Å². The Hall–Kier alpha value is -2.87. The van der Waals surface area contributed by atoms with Crippen molar-refractivity contribution >= 4 is 17.8 Å². The molecule has 1 aliphatic rings. The highest BCUT2D eigenvalue weighted by Crippen LogP contribution is 2.15. The third kappa shape index (κ3) is 4.85. The zero-order valence-electron chi connectivity index (χ0n) is 15.8. The number of anilines is 1. The molecule has 144 valence electrons. The number of urea groups is 1. The molecule has 1 aromatic carbocycles. The number of carbonyl (C=O) groups is 2. The van der Waals surface area contributed by atoms with Gasteiger partial charge in [-0.25, -0.2) is 9.48 Å². The van der Waals surface area contributed by atoms with Crippen LogP contribution >= 0.6 is 0 Å². The molecule has 0 atom stereocenters. The molecule has 0 saturated carbocycles. The van der Waals surface area contributed by atoms with Crippen molar-refractivity contribution < 1.29 is 9.59 Å². The summed E-state index contributed by atoms with van der Waals surface area (Å²) in [6, 6.07) is 11.3. The molecule has 8 nitrogen and oxygen atoms in total. The number of hydrogen-bond donors (Lipinski definition) is 1. The number of nitrogens with zero attached hydrogens (tertiary/aromatic N) is 5. The van der Waals surface area contributed by atoms with Gasteiger partial charge in [0.15, 0.2) is 0 Å². The predicted molar refractivity (Wildman–Crippen MR) is 104 cm³/mol. The molecule has 1 saturated heterocycles. The largest absolute Gasteiger partial charge is 0.348 e. The van der Waals surface area contributed by atoms with Crippen LogP contribution in [-0.2, 0) is 4.79 Å². The number of para-hydroxylation sites is 1. The minimum absolute atomic E-state index is 0.0830. The number of carbonyl (C=O) groups excluding carboxylic acids is 2. The SMILES string of the molecule is CN(C)C(=O)CN1CCCN(C(=O)Nc2ccnn2-c2ccccc2)CC1. The molecule has 27 heavy (non-hydrogen) atoms. The highest BCUT2D eigenvalue weighted by Gasteiger charge is 2.21. The number of nitrogens with one attached hydrogen (secondary N) is 1. The number of hydrogen-bond acceptors (Lipinski definition) is 4. The van der Waals surface area contributed by atoms with Gasteiger partial charge in [-0.1, -0.05) is 18.2 Å². The quantitative estimate of drug-likeness (QED) is 0.885. The summed E-state index contributed by atoms with van der Waals surface area (Å²) < 4.78 is 1.71. The maximum absolute atomic E-state index is 12.7. The van der Waals surface area contributed by atoms with E-state index in [1.165, 1.54) is 0 Å². The molecule has 2 aromatic rings. The van der Waals surface area contributed by atoms with Crippen LogP contribution in [0.3, 0.4) is 0 Å². The number of likely N-dealkylation sites (N-methyl/N-ethyl adjacent to an activating group) is 1. The van der Waals surface area contributed by atoms with Crippen LogP contribution < -0.4 is 5.32 Å². The monoisotopic (exact) mass is 370 g/mol. The minimum Gasteiger partial charge on any atom is -0.348 e.